The number of aliphatic imine (C=N–C) groups is 1. The van der Waals surface area contributed by atoms with Crippen LogP contribution < -0.4 is 14.8 Å². The average Bonchev–Trinajstić information content (AvgIpc) is 2.69. The van der Waals surface area contributed by atoms with Crippen molar-refractivity contribution in [3.63, 3.8) is 0 Å². The monoisotopic (exact) mass is 490 g/mol. The average molecular weight is 490 g/mol. The van der Waals surface area contributed by atoms with E-state index >= 15 is 0 Å². The molecule has 0 aromatic heterocycles. The Labute approximate surface area is 179 Å². The summed E-state index contributed by atoms with van der Waals surface area (Å²) >= 11 is 0. The van der Waals surface area contributed by atoms with Gasteiger partial charge in [0, 0.05) is 45.4 Å². The first-order valence-corrected chi connectivity index (χ1v) is 8.99. The molecule has 1 aliphatic heterocycles. The van der Waals surface area contributed by atoms with Crippen LogP contribution in [-0.2, 0) is 11.3 Å². The highest BCUT2D eigenvalue weighted by Gasteiger charge is 2.17. The molecule has 0 bridgehead atoms. The third-order valence-corrected chi connectivity index (χ3v) is 4.58. The quantitative estimate of drug-likeness (QED) is 0.377. The van der Waals surface area contributed by atoms with Crippen molar-refractivity contribution in [2.45, 2.75) is 25.8 Å². The van der Waals surface area contributed by atoms with E-state index in [4.69, 9.17) is 9.47 Å². The lowest BCUT2D eigenvalue weighted by Crippen LogP contribution is -2.46. The highest BCUT2D eigenvalue weighted by Crippen LogP contribution is 2.25. The van der Waals surface area contributed by atoms with Crippen LogP contribution in [0.3, 0.4) is 0 Å². The maximum Gasteiger partial charge on any atom is 0.241 e. The summed E-state index contributed by atoms with van der Waals surface area (Å²) in [6, 6.07) is 5.74. The van der Waals surface area contributed by atoms with E-state index in [1.807, 2.05) is 35.0 Å². The minimum Gasteiger partial charge on any atom is -0.497 e. The van der Waals surface area contributed by atoms with Gasteiger partial charge in [0.25, 0.3) is 0 Å². The van der Waals surface area contributed by atoms with Gasteiger partial charge < -0.3 is 24.6 Å². The minimum absolute atomic E-state index is 0. The number of hydrogen-bond donors (Lipinski definition) is 1. The Bertz CT molecular complexity index is 633. The van der Waals surface area contributed by atoms with Crippen molar-refractivity contribution in [2.75, 3.05) is 47.9 Å². The van der Waals surface area contributed by atoms with Crippen LogP contribution in [0.5, 0.6) is 11.5 Å². The molecule has 0 spiro atoms. The first kappa shape index (κ1) is 23.3. The molecule has 1 aromatic carbocycles. The molecule has 27 heavy (non-hydrogen) atoms. The number of nitrogens with one attached hydrogen (secondary N) is 1. The number of ether oxygens (including phenoxy) is 2. The van der Waals surface area contributed by atoms with E-state index in [9.17, 15) is 4.79 Å². The highest BCUT2D eigenvalue weighted by molar-refractivity contribution is 14.0. The van der Waals surface area contributed by atoms with Gasteiger partial charge in [-0.25, -0.2) is 0 Å². The Balaban J connectivity index is 0.00000364. The molecule has 1 amide bonds. The summed E-state index contributed by atoms with van der Waals surface area (Å²) in [6.45, 7) is 2.58. The molecule has 8 heteroatoms. The third-order valence-electron chi connectivity index (χ3n) is 4.58. The molecule has 0 unspecified atom stereocenters. The Morgan fingerprint density at radius 1 is 1.22 bits per heavy atom. The van der Waals surface area contributed by atoms with E-state index in [1.165, 1.54) is 6.42 Å². The number of carbonyl (C=O) groups is 1. The van der Waals surface area contributed by atoms with Crippen LogP contribution in [0.15, 0.2) is 23.2 Å². The summed E-state index contributed by atoms with van der Waals surface area (Å²) in [5.41, 5.74) is 1.01. The molecule has 2 rings (SSSR count). The van der Waals surface area contributed by atoms with Crippen molar-refractivity contribution < 1.29 is 14.3 Å². The molecule has 0 radical (unpaired) electrons. The number of piperidine rings is 1. The number of rotatable bonds is 6. The topological polar surface area (TPSA) is 66.4 Å². The van der Waals surface area contributed by atoms with Gasteiger partial charge in [-0.15, -0.1) is 24.0 Å². The summed E-state index contributed by atoms with van der Waals surface area (Å²) in [7, 11) is 6.92. The first-order valence-electron chi connectivity index (χ1n) is 8.99. The van der Waals surface area contributed by atoms with E-state index in [1.54, 1.807) is 21.3 Å². The van der Waals surface area contributed by atoms with Gasteiger partial charge >= 0.3 is 0 Å². The number of hydrogen-bond acceptors (Lipinski definition) is 4. The second-order valence-corrected chi connectivity index (χ2v) is 6.38. The SMILES string of the molecule is CN=C(NCC(=O)N1CCCCC1)N(C)Cc1ccc(OC)cc1OC.I. The molecule has 0 atom stereocenters. The molecular formula is C19H31IN4O3. The predicted molar refractivity (Wildman–Crippen MR) is 118 cm³/mol. The molecular weight excluding hydrogens is 459 g/mol. The number of guanidine groups is 1. The fourth-order valence-corrected chi connectivity index (χ4v) is 3.11. The van der Waals surface area contributed by atoms with Crippen LogP contribution in [0, 0.1) is 0 Å². The number of amides is 1. The molecule has 0 aliphatic carbocycles. The molecule has 1 heterocycles. The molecule has 0 saturated carbocycles. The molecule has 7 nitrogen and oxygen atoms in total. The fourth-order valence-electron chi connectivity index (χ4n) is 3.11. The largest absolute Gasteiger partial charge is 0.497 e. The minimum atomic E-state index is 0. The Morgan fingerprint density at radius 2 is 1.93 bits per heavy atom. The van der Waals surface area contributed by atoms with Crippen LogP contribution in [0.4, 0.5) is 0 Å². The normalized spacial score (nSPS) is 14.2. The van der Waals surface area contributed by atoms with Crippen LogP contribution in [0.1, 0.15) is 24.8 Å². The van der Waals surface area contributed by atoms with Gasteiger partial charge in [0.15, 0.2) is 5.96 Å². The molecule has 152 valence electrons. The number of halogens is 1. The molecule has 1 fully saturated rings. The van der Waals surface area contributed by atoms with Gasteiger partial charge in [0.05, 0.1) is 20.8 Å². The molecule has 1 aromatic rings. The second-order valence-electron chi connectivity index (χ2n) is 6.38. The van der Waals surface area contributed by atoms with Gasteiger partial charge in [-0.05, 0) is 31.4 Å². The summed E-state index contributed by atoms with van der Waals surface area (Å²) in [5, 5.41) is 3.17. The standard InChI is InChI=1S/C19H30N4O3.HI/c1-20-19(21-13-18(24)23-10-6-5-7-11-23)22(2)14-15-8-9-16(25-3)12-17(15)26-4;/h8-9,12H,5-7,10-11,13-14H2,1-4H3,(H,20,21);1H. The maximum atomic E-state index is 12.3. The van der Waals surface area contributed by atoms with Crippen molar-refractivity contribution in [2.24, 2.45) is 4.99 Å². The van der Waals surface area contributed by atoms with E-state index in [0.717, 1.165) is 43.0 Å². The summed E-state index contributed by atoms with van der Waals surface area (Å²) in [6.07, 6.45) is 3.40. The van der Waals surface area contributed by atoms with Crippen LogP contribution in [-0.4, -0.2) is 69.6 Å². The lowest BCUT2D eigenvalue weighted by molar-refractivity contribution is -0.130. The Hall–Kier alpha value is -1.71. The smallest absolute Gasteiger partial charge is 0.241 e. The lowest BCUT2D eigenvalue weighted by atomic mass is 10.1. The summed E-state index contributed by atoms with van der Waals surface area (Å²) in [5.74, 6) is 2.31. The van der Waals surface area contributed by atoms with Gasteiger partial charge in [-0.1, -0.05) is 0 Å². The number of benzene rings is 1. The van der Waals surface area contributed by atoms with Crippen molar-refractivity contribution >= 4 is 35.8 Å². The van der Waals surface area contributed by atoms with Gasteiger partial charge in [-0.3, -0.25) is 9.79 Å². The van der Waals surface area contributed by atoms with Crippen molar-refractivity contribution in [1.29, 1.82) is 0 Å². The predicted octanol–water partition coefficient (Wildman–Crippen LogP) is 2.34. The molecule has 1 saturated heterocycles. The zero-order valence-corrected chi connectivity index (χ0v) is 19.0. The molecule has 1 N–H and O–H groups in total. The Kier molecular flexibility index (Phi) is 10.3. The van der Waals surface area contributed by atoms with Gasteiger partial charge in [0.1, 0.15) is 11.5 Å². The summed E-state index contributed by atoms with van der Waals surface area (Å²) in [4.78, 5) is 20.5. The van der Waals surface area contributed by atoms with Crippen LogP contribution in [0.2, 0.25) is 0 Å². The van der Waals surface area contributed by atoms with Gasteiger partial charge in [-0.2, -0.15) is 0 Å². The fraction of sp³-hybridized carbons (Fsp3) is 0.579. The van der Waals surface area contributed by atoms with E-state index in [-0.39, 0.29) is 36.4 Å². The summed E-state index contributed by atoms with van der Waals surface area (Å²) < 4.78 is 10.7. The zero-order valence-electron chi connectivity index (χ0n) is 16.7. The van der Waals surface area contributed by atoms with Crippen molar-refractivity contribution in [3.05, 3.63) is 23.8 Å². The van der Waals surface area contributed by atoms with E-state index in [0.29, 0.717) is 12.5 Å². The van der Waals surface area contributed by atoms with Gasteiger partial charge in [0.2, 0.25) is 5.91 Å². The first-order chi connectivity index (χ1) is 12.6. The van der Waals surface area contributed by atoms with Crippen molar-refractivity contribution in [3.8, 4) is 11.5 Å². The molecule has 1 aliphatic rings. The zero-order chi connectivity index (χ0) is 18.9. The number of likely N-dealkylation sites (tertiary alicyclic amines) is 1. The van der Waals surface area contributed by atoms with Crippen LogP contribution >= 0.6 is 24.0 Å². The number of methoxy groups -OCH3 is 2. The van der Waals surface area contributed by atoms with Crippen molar-refractivity contribution in [1.82, 2.24) is 15.1 Å². The Morgan fingerprint density at radius 3 is 2.52 bits per heavy atom. The van der Waals surface area contributed by atoms with E-state index < -0.39 is 0 Å². The third kappa shape index (κ3) is 6.75. The second kappa shape index (κ2) is 11.9. The highest BCUT2D eigenvalue weighted by atomic mass is 127. The van der Waals surface area contributed by atoms with E-state index in [2.05, 4.69) is 10.3 Å². The maximum absolute atomic E-state index is 12.3. The number of nitrogens with zero attached hydrogens (tertiary/aromatic N) is 3. The number of carbonyl (C=O) groups excluding carboxylic acids is 1. The van der Waals surface area contributed by atoms with Crippen LogP contribution in [0.25, 0.3) is 0 Å². The lowest BCUT2D eigenvalue weighted by Gasteiger charge is -2.28.